The van der Waals surface area contributed by atoms with Crippen LogP contribution in [0.3, 0.4) is 0 Å². The molecule has 0 radical (unpaired) electrons. The van der Waals surface area contributed by atoms with Gasteiger partial charge in [-0.3, -0.25) is 0 Å². The summed E-state index contributed by atoms with van der Waals surface area (Å²) in [5, 5.41) is 0. The van der Waals surface area contributed by atoms with Crippen molar-refractivity contribution in [3.63, 3.8) is 0 Å². The molecular formula is C18H20I2O4. The second kappa shape index (κ2) is 7.99. The molecule has 6 heteroatoms. The number of halogens is 2. The Hall–Kier alpha value is -0.900. The van der Waals surface area contributed by atoms with Crippen molar-refractivity contribution in [2.45, 2.75) is 13.8 Å². The van der Waals surface area contributed by atoms with Gasteiger partial charge in [0, 0.05) is 11.1 Å². The quantitative estimate of drug-likeness (QED) is 0.476. The van der Waals surface area contributed by atoms with Gasteiger partial charge in [-0.05, 0) is 82.3 Å². The van der Waals surface area contributed by atoms with E-state index in [0.29, 0.717) is 0 Å². The molecule has 0 N–H and O–H groups in total. The van der Waals surface area contributed by atoms with Gasteiger partial charge in [0.25, 0.3) is 0 Å². The van der Waals surface area contributed by atoms with Crippen molar-refractivity contribution in [2.24, 2.45) is 0 Å². The van der Waals surface area contributed by atoms with Gasteiger partial charge in [0.05, 0.1) is 35.6 Å². The maximum atomic E-state index is 5.57. The zero-order valence-electron chi connectivity index (χ0n) is 14.5. The van der Waals surface area contributed by atoms with Crippen LogP contribution in [0.4, 0.5) is 0 Å². The molecule has 0 aromatic heterocycles. The minimum Gasteiger partial charge on any atom is -0.493 e. The predicted octanol–water partition coefficient (Wildman–Crippen LogP) is 5.21. The Morgan fingerprint density at radius 1 is 0.625 bits per heavy atom. The fourth-order valence-corrected chi connectivity index (χ4v) is 5.12. The summed E-state index contributed by atoms with van der Waals surface area (Å²) in [4.78, 5) is 0. The number of methoxy groups -OCH3 is 4. The monoisotopic (exact) mass is 554 g/mol. The van der Waals surface area contributed by atoms with Crippen LogP contribution in [0, 0.1) is 21.0 Å². The highest BCUT2D eigenvalue weighted by atomic mass is 127. The molecule has 0 bridgehead atoms. The Morgan fingerprint density at radius 2 is 0.958 bits per heavy atom. The maximum absolute atomic E-state index is 5.57. The van der Waals surface area contributed by atoms with Crippen molar-refractivity contribution < 1.29 is 18.9 Å². The fraction of sp³-hybridized carbons (Fsp3) is 0.333. The molecule has 2 aromatic rings. The molecule has 0 aliphatic heterocycles. The summed E-state index contributed by atoms with van der Waals surface area (Å²) < 4.78 is 24.1. The third kappa shape index (κ3) is 3.26. The first-order valence-corrected chi connectivity index (χ1v) is 9.39. The minimum absolute atomic E-state index is 0.733. The first-order valence-electron chi connectivity index (χ1n) is 7.23. The number of hydrogen-bond acceptors (Lipinski definition) is 4. The van der Waals surface area contributed by atoms with Crippen molar-refractivity contribution >= 4 is 45.2 Å². The molecule has 2 aromatic carbocycles. The molecule has 4 nitrogen and oxygen atoms in total. The Balaban J connectivity index is 2.87. The van der Waals surface area contributed by atoms with E-state index in [2.05, 4.69) is 59.0 Å². The lowest BCUT2D eigenvalue weighted by Crippen LogP contribution is -2.02. The van der Waals surface area contributed by atoms with Gasteiger partial charge in [-0.2, -0.15) is 0 Å². The average molecular weight is 554 g/mol. The van der Waals surface area contributed by atoms with E-state index in [-0.39, 0.29) is 0 Å². The summed E-state index contributed by atoms with van der Waals surface area (Å²) in [5.41, 5.74) is 4.47. The average Bonchev–Trinajstić information content (AvgIpc) is 2.56. The highest BCUT2D eigenvalue weighted by Gasteiger charge is 2.23. The molecule has 0 spiro atoms. The van der Waals surface area contributed by atoms with Crippen LogP contribution in [-0.2, 0) is 0 Å². The van der Waals surface area contributed by atoms with Crippen LogP contribution in [-0.4, -0.2) is 28.4 Å². The highest BCUT2D eigenvalue weighted by Crippen LogP contribution is 2.47. The van der Waals surface area contributed by atoms with Crippen LogP contribution in [0.15, 0.2) is 12.1 Å². The van der Waals surface area contributed by atoms with E-state index < -0.39 is 0 Å². The summed E-state index contributed by atoms with van der Waals surface area (Å²) in [6, 6.07) is 4.01. The maximum Gasteiger partial charge on any atom is 0.174 e. The zero-order chi connectivity index (χ0) is 18.0. The van der Waals surface area contributed by atoms with Gasteiger partial charge in [0.15, 0.2) is 23.0 Å². The van der Waals surface area contributed by atoms with Gasteiger partial charge in [-0.1, -0.05) is 0 Å². The molecule has 0 amide bonds. The second-order valence-electron chi connectivity index (χ2n) is 5.24. The van der Waals surface area contributed by atoms with E-state index in [1.807, 2.05) is 12.1 Å². The Morgan fingerprint density at radius 3 is 1.21 bits per heavy atom. The lowest BCUT2D eigenvalue weighted by Gasteiger charge is -2.21. The lowest BCUT2D eigenvalue weighted by atomic mass is 9.95. The molecule has 0 heterocycles. The van der Waals surface area contributed by atoms with Crippen molar-refractivity contribution in [2.75, 3.05) is 28.4 Å². The lowest BCUT2D eigenvalue weighted by molar-refractivity contribution is 0.352. The zero-order valence-corrected chi connectivity index (χ0v) is 18.9. The van der Waals surface area contributed by atoms with Gasteiger partial charge in [0.1, 0.15) is 0 Å². The summed E-state index contributed by atoms with van der Waals surface area (Å²) in [6.45, 7) is 4.15. The summed E-state index contributed by atoms with van der Waals surface area (Å²) in [5.74, 6) is 2.94. The van der Waals surface area contributed by atoms with E-state index in [9.17, 15) is 0 Å². The van der Waals surface area contributed by atoms with Gasteiger partial charge < -0.3 is 18.9 Å². The van der Waals surface area contributed by atoms with E-state index in [0.717, 1.165) is 52.4 Å². The van der Waals surface area contributed by atoms with Gasteiger partial charge in [-0.15, -0.1) is 0 Å². The van der Waals surface area contributed by atoms with E-state index in [1.54, 1.807) is 28.4 Å². The van der Waals surface area contributed by atoms with Crippen LogP contribution < -0.4 is 18.9 Å². The Bertz CT molecular complexity index is 707. The van der Waals surface area contributed by atoms with Crippen LogP contribution >= 0.6 is 45.2 Å². The largest absolute Gasteiger partial charge is 0.493 e. The van der Waals surface area contributed by atoms with Crippen LogP contribution in [0.5, 0.6) is 23.0 Å². The van der Waals surface area contributed by atoms with Gasteiger partial charge in [0.2, 0.25) is 0 Å². The first-order chi connectivity index (χ1) is 11.4. The molecule has 0 saturated carbocycles. The number of benzene rings is 2. The number of rotatable bonds is 5. The second-order valence-corrected chi connectivity index (χ2v) is 7.39. The topological polar surface area (TPSA) is 36.9 Å². The third-order valence-corrected chi connectivity index (χ3v) is 5.93. The molecule has 0 saturated heterocycles. The molecule has 0 atom stereocenters. The first kappa shape index (κ1) is 19.4. The number of aryl methyl sites for hydroxylation is 2. The SMILES string of the molecule is COc1cc(C)c(-c2c(C)cc(OC)c(OC)c2I)c(I)c1OC. The normalized spacial score (nSPS) is 10.5. The molecule has 0 fully saturated rings. The van der Waals surface area contributed by atoms with Crippen LogP contribution in [0.1, 0.15) is 11.1 Å². The number of hydrogen-bond donors (Lipinski definition) is 0. The fourth-order valence-electron chi connectivity index (χ4n) is 2.76. The van der Waals surface area contributed by atoms with E-state index in [4.69, 9.17) is 18.9 Å². The Kier molecular flexibility index (Phi) is 6.46. The van der Waals surface area contributed by atoms with Crippen molar-refractivity contribution in [1.82, 2.24) is 0 Å². The molecule has 130 valence electrons. The van der Waals surface area contributed by atoms with Crippen LogP contribution in [0.25, 0.3) is 11.1 Å². The van der Waals surface area contributed by atoms with Crippen molar-refractivity contribution in [1.29, 1.82) is 0 Å². The van der Waals surface area contributed by atoms with Crippen molar-refractivity contribution in [3.05, 3.63) is 30.4 Å². The molecular weight excluding hydrogens is 534 g/mol. The molecule has 0 aliphatic carbocycles. The molecule has 0 aliphatic rings. The Labute approximate surface area is 170 Å². The van der Waals surface area contributed by atoms with E-state index >= 15 is 0 Å². The summed E-state index contributed by atoms with van der Waals surface area (Å²) >= 11 is 4.63. The van der Waals surface area contributed by atoms with Crippen LogP contribution in [0.2, 0.25) is 0 Å². The van der Waals surface area contributed by atoms with Gasteiger partial charge >= 0.3 is 0 Å². The minimum atomic E-state index is 0.733. The molecule has 0 unspecified atom stereocenters. The summed E-state index contributed by atoms with van der Waals surface area (Å²) in [7, 11) is 6.62. The molecule has 24 heavy (non-hydrogen) atoms. The third-order valence-electron chi connectivity index (χ3n) is 3.87. The molecule has 2 rings (SSSR count). The standard InChI is InChI=1S/C18H20I2O4/c1-9-7-11(21-3)17(23-5)15(19)13(9)14-10(2)8-12(22-4)18(24-6)16(14)20/h7-8H,1-6H3. The van der Waals surface area contributed by atoms with Gasteiger partial charge in [-0.25, -0.2) is 0 Å². The van der Waals surface area contributed by atoms with Crippen molar-refractivity contribution in [3.8, 4) is 34.1 Å². The number of ether oxygens (including phenoxy) is 4. The predicted molar refractivity (Wildman–Crippen MR) is 113 cm³/mol. The highest BCUT2D eigenvalue weighted by molar-refractivity contribution is 14.1. The summed E-state index contributed by atoms with van der Waals surface area (Å²) in [6.07, 6.45) is 0. The van der Waals surface area contributed by atoms with E-state index in [1.165, 1.54) is 0 Å². The smallest absolute Gasteiger partial charge is 0.174 e.